The van der Waals surface area contributed by atoms with E-state index in [2.05, 4.69) is 31.9 Å². The van der Waals surface area contributed by atoms with Crippen LogP contribution in [0.3, 0.4) is 0 Å². The number of rotatable bonds is 7. The molecule has 0 heterocycles. The first-order valence-electron chi connectivity index (χ1n) is 10.7. The summed E-state index contributed by atoms with van der Waals surface area (Å²) >= 11 is 6.72. The van der Waals surface area contributed by atoms with Gasteiger partial charge >= 0.3 is 11.9 Å². The molecule has 3 rings (SSSR count). The first-order valence-corrected chi connectivity index (χ1v) is 12.4. The summed E-state index contributed by atoms with van der Waals surface area (Å²) in [5, 5.41) is 0. The molecule has 0 radical (unpaired) electrons. The molecule has 3 atom stereocenters. The highest BCUT2D eigenvalue weighted by Crippen LogP contribution is 2.45. The van der Waals surface area contributed by atoms with E-state index in [4.69, 9.17) is 14.5 Å². The van der Waals surface area contributed by atoms with Crippen molar-refractivity contribution in [2.45, 2.75) is 41.4 Å². The Bertz CT molecular complexity index is 1000. The summed E-state index contributed by atoms with van der Waals surface area (Å²) in [6.45, 7) is 3.60. The van der Waals surface area contributed by atoms with Gasteiger partial charge in [0.1, 0.15) is 0 Å². The quantitative estimate of drug-likeness (QED) is 0.207. The first kappa shape index (κ1) is 25.3. The van der Waals surface area contributed by atoms with Crippen molar-refractivity contribution >= 4 is 55.3 Å². The predicted molar refractivity (Wildman–Crippen MR) is 133 cm³/mol. The Morgan fingerprint density at radius 3 is 1.91 bits per heavy atom. The molecule has 0 aromatic heterocycles. The molecule has 1 saturated carbocycles. The second kappa shape index (κ2) is 10.7. The van der Waals surface area contributed by atoms with Gasteiger partial charge in [-0.1, -0.05) is 92.5 Å². The summed E-state index contributed by atoms with van der Waals surface area (Å²) in [5.74, 6) is -1.75. The Kier molecular flexibility index (Phi) is 8.23. The number of hydrogen-bond acceptors (Lipinski definition) is 6. The number of alkyl halides is 2. The lowest BCUT2D eigenvalue weighted by molar-refractivity contribution is -0.156. The van der Waals surface area contributed by atoms with Gasteiger partial charge in [0.15, 0.2) is 15.6 Å². The Hall–Kier alpha value is -2.32. The fraction of sp³-hybridized carbons (Fsp3) is 0.360. The Labute approximate surface area is 210 Å². The zero-order valence-corrected chi connectivity index (χ0v) is 21.6. The van der Waals surface area contributed by atoms with E-state index < -0.39 is 32.4 Å². The molecule has 33 heavy (non-hydrogen) atoms. The average molecular weight is 579 g/mol. The predicted octanol–water partition coefficient (Wildman–Crippen LogP) is 4.65. The minimum atomic E-state index is -1.73. The van der Waals surface area contributed by atoms with Crippen molar-refractivity contribution < 1.29 is 23.9 Å². The summed E-state index contributed by atoms with van der Waals surface area (Å²) in [6, 6.07) is 18.9. The van der Waals surface area contributed by atoms with Gasteiger partial charge in [-0.2, -0.15) is 0 Å². The van der Waals surface area contributed by atoms with E-state index in [0.717, 1.165) is 11.1 Å². The summed E-state index contributed by atoms with van der Waals surface area (Å²) in [6.07, 6.45) is -0.178. The molecule has 6 nitrogen and oxygen atoms in total. The van der Waals surface area contributed by atoms with E-state index >= 15 is 0 Å². The number of benzene rings is 2. The second-order valence-corrected chi connectivity index (χ2v) is 10.1. The van der Waals surface area contributed by atoms with E-state index in [1.165, 1.54) is 0 Å². The summed E-state index contributed by atoms with van der Waals surface area (Å²) in [7, 11) is 0. The van der Waals surface area contributed by atoms with Gasteiger partial charge in [-0.15, -0.1) is 0 Å². The molecule has 0 aliphatic heterocycles. The maximum absolute atomic E-state index is 13.4. The van der Waals surface area contributed by atoms with Gasteiger partial charge in [0.2, 0.25) is 0 Å². The van der Waals surface area contributed by atoms with Crippen LogP contribution in [0.1, 0.15) is 37.8 Å². The van der Waals surface area contributed by atoms with Crippen LogP contribution in [0.2, 0.25) is 0 Å². The van der Waals surface area contributed by atoms with E-state index in [9.17, 15) is 14.4 Å². The SMILES string of the molecule is CCOC(=O)C1(N=C(c2ccccc2)c2ccccc2)CC(Br)C(=O)C(Br)(C(=O)OCC)C1. The summed E-state index contributed by atoms with van der Waals surface area (Å²) in [5.41, 5.74) is 0.658. The Morgan fingerprint density at radius 2 is 1.42 bits per heavy atom. The smallest absolute Gasteiger partial charge is 0.334 e. The average Bonchev–Trinajstić information content (AvgIpc) is 2.82. The lowest BCUT2D eigenvalue weighted by atomic mass is 9.74. The molecule has 2 aromatic rings. The molecule has 0 N–H and O–H groups in total. The summed E-state index contributed by atoms with van der Waals surface area (Å²) in [4.78, 5) is 43.5. The molecule has 0 amide bonds. The van der Waals surface area contributed by atoms with Crippen molar-refractivity contribution in [3.63, 3.8) is 0 Å². The number of carbonyl (C=O) groups excluding carboxylic acids is 3. The molecular weight excluding hydrogens is 554 g/mol. The molecule has 174 valence electrons. The fourth-order valence-corrected chi connectivity index (χ4v) is 5.96. The van der Waals surface area contributed by atoms with Crippen molar-refractivity contribution in [3.05, 3.63) is 71.8 Å². The zero-order valence-electron chi connectivity index (χ0n) is 18.4. The molecule has 2 aromatic carbocycles. The lowest BCUT2D eigenvalue weighted by Crippen LogP contribution is -2.60. The summed E-state index contributed by atoms with van der Waals surface area (Å²) < 4.78 is 8.87. The van der Waals surface area contributed by atoms with Gasteiger partial charge in [0.05, 0.1) is 23.8 Å². The number of ketones is 1. The third-order valence-corrected chi connectivity index (χ3v) is 7.14. The second-order valence-electron chi connectivity index (χ2n) is 7.68. The van der Waals surface area contributed by atoms with Gasteiger partial charge < -0.3 is 9.47 Å². The van der Waals surface area contributed by atoms with Crippen LogP contribution < -0.4 is 0 Å². The minimum absolute atomic E-state index is 0.0423. The van der Waals surface area contributed by atoms with E-state index in [1.54, 1.807) is 13.8 Å². The molecular formula is C25H25Br2NO5. The third-order valence-electron chi connectivity index (χ3n) is 5.40. The third kappa shape index (κ3) is 5.27. The van der Waals surface area contributed by atoms with Gasteiger partial charge in [-0.3, -0.25) is 14.6 Å². The molecule has 1 aliphatic carbocycles. The number of aliphatic imine (C=N–C) groups is 1. The minimum Gasteiger partial charge on any atom is -0.465 e. The van der Waals surface area contributed by atoms with Crippen molar-refractivity contribution in [1.29, 1.82) is 0 Å². The van der Waals surface area contributed by atoms with Gasteiger partial charge in [-0.25, -0.2) is 4.79 Å². The van der Waals surface area contributed by atoms with Crippen LogP contribution in [0, 0.1) is 0 Å². The van der Waals surface area contributed by atoms with Gasteiger partial charge in [-0.05, 0) is 13.8 Å². The van der Waals surface area contributed by atoms with Crippen LogP contribution in [-0.2, 0) is 23.9 Å². The van der Waals surface area contributed by atoms with Crippen molar-refractivity contribution in [1.82, 2.24) is 0 Å². The number of carbonyl (C=O) groups is 3. The maximum Gasteiger partial charge on any atom is 0.334 e. The van der Waals surface area contributed by atoms with Crippen LogP contribution >= 0.6 is 31.9 Å². The normalized spacial score (nSPS) is 24.6. The molecule has 1 fully saturated rings. The van der Waals surface area contributed by atoms with Crippen LogP contribution in [-0.4, -0.2) is 51.3 Å². The molecule has 0 bridgehead atoms. The molecule has 3 unspecified atom stereocenters. The molecule has 0 saturated heterocycles. The number of esters is 2. The van der Waals surface area contributed by atoms with Crippen LogP contribution in [0.25, 0.3) is 0 Å². The molecule has 0 spiro atoms. The number of halogens is 2. The highest BCUT2D eigenvalue weighted by Gasteiger charge is 2.61. The largest absolute Gasteiger partial charge is 0.465 e. The van der Waals surface area contributed by atoms with Crippen LogP contribution in [0.15, 0.2) is 65.7 Å². The van der Waals surface area contributed by atoms with E-state index in [0.29, 0.717) is 5.71 Å². The van der Waals surface area contributed by atoms with Crippen LogP contribution in [0.5, 0.6) is 0 Å². The topological polar surface area (TPSA) is 82.0 Å². The molecule has 8 heteroatoms. The Morgan fingerprint density at radius 1 is 0.939 bits per heavy atom. The van der Waals surface area contributed by atoms with Crippen molar-refractivity contribution in [2.75, 3.05) is 13.2 Å². The number of Topliss-reactive ketones (excluding diaryl/α,β-unsaturated/α-hetero) is 1. The zero-order chi connectivity index (χ0) is 24.1. The molecule has 1 aliphatic rings. The number of nitrogens with zero attached hydrogens (tertiary/aromatic N) is 1. The van der Waals surface area contributed by atoms with Crippen molar-refractivity contribution in [3.8, 4) is 0 Å². The lowest BCUT2D eigenvalue weighted by Gasteiger charge is -2.41. The van der Waals surface area contributed by atoms with Gasteiger partial charge in [0.25, 0.3) is 0 Å². The fourth-order valence-electron chi connectivity index (χ4n) is 3.87. The highest BCUT2D eigenvalue weighted by molar-refractivity contribution is 9.11. The monoisotopic (exact) mass is 577 g/mol. The number of ether oxygens (including phenoxy) is 2. The Balaban J connectivity index is 2.24. The van der Waals surface area contributed by atoms with Crippen LogP contribution in [0.4, 0.5) is 0 Å². The van der Waals surface area contributed by atoms with E-state index in [-0.39, 0.29) is 26.1 Å². The van der Waals surface area contributed by atoms with Gasteiger partial charge in [0, 0.05) is 24.0 Å². The number of hydrogen-bond donors (Lipinski definition) is 0. The first-order chi connectivity index (χ1) is 15.8. The van der Waals surface area contributed by atoms with E-state index in [1.807, 2.05) is 60.7 Å². The maximum atomic E-state index is 13.4. The highest BCUT2D eigenvalue weighted by atomic mass is 79.9. The van der Waals surface area contributed by atoms with Crippen molar-refractivity contribution in [2.24, 2.45) is 4.99 Å². The standard InChI is InChI=1S/C25H25Br2NO5/c1-3-32-22(30)24(15-19(26)21(29)25(27,16-24)23(31)33-4-2)28-20(17-11-7-5-8-12-17)18-13-9-6-10-14-18/h5-14,19H,3-4,15-16H2,1-2H3.